The van der Waals surface area contributed by atoms with Gasteiger partial charge in [-0.2, -0.15) is 0 Å². The van der Waals surface area contributed by atoms with Gasteiger partial charge in [-0.3, -0.25) is 9.69 Å². The number of hydrogen-bond acceptors (Lipinski definition) is 4. The van der Waals surface area contributed by atoms with Crippen LogP contribution in [0, 0.1) is 0 Å². The van der Waals surface area contributed by atoms with Crippen molar-refractivity contribution in [2.45, 2.75) is 6.54 Å². The van der Waals surface area contributed by atoms with Gasteiger partial charge in [-0.05, 0) is 42.0 Å². The Labute approximate surface area is 172 Å². The van der Waals surface area contributed by atoms with Crippen LogP contribution in [0.1, 0.15) is 21.7 Å². The number of thiocarbonyl (C=S) groups is 1. The van der Waals surface area contributed by atoms with Crippen LogP contribution in [-0.2, 0) is 11.3 Å². The topological polar surface area (TPSA) is 82.8 Å². The van der Waals surface area contributed by atoms with Crippen molar-refractivity contribution in [3.05, 3.63) is 89.3 Å². The number of furan rings is 1. The molecule has 2 heterocycles. The summed E-state index contributed by atoms with van der Waals surface area (Å²) in [6.45, 7) is 0.391. The number of amides is 1. The van der Waals surface area contributed by atoms with Crippen LogP contribution < -0.4 is 5.32 Å². The van der Waals surface area contributed by atoms with E-state index < -0.39 is 5.97 Å². The molecule has 1 amide bonds. The van der Waals surface area contributed by atoms with Gasteiger partial charge in [0.25, 0.3) is 5.91 Å². The van der Waals surface area contributed by atoms with Gasteiger partial charge in [-0.1, -0.05) is 42.5 Å². The zero-order valence-electron chi connectivity index (χ0n) is 15.2. The van der Waals surface area contributed by atoms with Gasteiger partial charge in [0.15, 0.2) is 5.11 Å². The standard InChI is InChI=1S/C22H16N2O4S/c25-20-18(23-22(29)24(20)13-14-4-2-1-3-5-14)12-17-10-11-19(28-17)15-6-8-16(9-7-15)21(26)27/h1-12H,13H2,(H,23,29)(H,26,27). The summed E-state index contributed by atoms with van der Waals surface area (Å²) in [5.74, 6) is -0.142. The second-order valence-electron chi connectivity index (χ2n) is 6.45. The minimum Gasteiger partial charge on any atom is -0.478 e. The van der Waals surface area contributed by atoms with Gasteiger partial charge in [0.2, 0.25) is 0 Å². The number of carboxylic acid groups (broad SMARTS) is 1. The van der Waals surface area contributed by atoms with E-state index in [0.29, 0.717) is 28.9 Å². The first-order valence-electron chi connectivity index (χ1n) is 8.83. The molecule has 1 fully saturated rings. The summed E-state index contributed by atoms with van der Waals surface area (Å²) in [5, 5.41) is 12.3. The number of aromatic carboxylic acids is 1. The molecule has 0 spiro atoms. The van der Waals surface area contributed by atoms with Crippen molar-refractivity contribution in [3.63, 3.8) is 0 Å². The van der Waals surface area contributed by atoms with Crippen molar-refractivity contribution in [2.24, 2.45) is 0 Å². The van der Waals surface area contributed by atoms with Gasteiger partial charge >= 0.3 is 5.97 Å². The van der Waals surface area contributed by atoms with E-state index in [0.717, 1.165) is 11.1 Å². The molecule has 0 bridgehead atoms. The molecule has 6 nitrogen and oxygen atoms in total. The quantitative estimate of drug-likeness (QED) is 0.496. The van der Waals surface area contributed by atoms with Crippen LogP contribution in [0.2, 0.25) is 0 Å². The van der Waals surface area contributed by atoms with Gasteiger partial charge in [0.1, 0.15) is 17.2 Å². The highest BCUT2D eigenvalue weighted by Gasteiger charge is 2.30. The van der Waals surface area contributed by atoms with Crippen LogP contribution in [0.25, 0.3) is 17.4 Å². The lowest BCUT2D eigenvalue weighted by molar-refractivity contribution is -0.122. The largest absolute Gasteiger partial charge is 0.478 e. The molecule has 2 N–H and O–H groups in total. The summed E-state index contributed by atoms with van der Waals surface area (Å²) in [7, 11) is 0. The predicted octanol–water partition coefficient (Wildman–Crippen LogP) is 3.90. The highest BCUT2D eigenvalue weighted by atomic mass is 32.1. The van der Waals surface area contributed by atoms with Crippen molar-refractivity contribution >= 4 is 35.3 Å². The minimum absolute atomic E-state index is 0.204. The molecule has 1 saturated heterocycles. The molecule has 7 heteroatoms. The summed E-state index contributed by atoms with van der Waals surface area (Å²) in [4.78, 5) is 25.2. The molecule has 144 valence electrons. The number of carbonyl (C=O) groups excluding carboxylic acids is 1. The Hall–Kier alpha value is -3.71. The molecule has 29 heavy (non-hydrogen) atoms. The normalized spacial score (nSPS) is 15.0. The van der Waals surface area contributed by atoms with Crippen molar-refractivity contribution < 1.29 is 19.1 Å². The van der Waals surface area contributed by atoms with Gasteiger partial charge < -0.3 is 14.8 Å². The number of benzene rings is 2. The summed E-state index contributed by atoms with van der Waals surface area (Å²) >= 11 is 5.30. The van der Waals surface area contributed by atoms with E-state index in [1.54, 1.807) is 30.3 Å². The number of carboxylic acids is 1. The average molecular weight is 404 g/mol. The van der Waals surface area contributed by atoms with Gasteiger partial charge in [0, 0.05) is 11.6 Å². The van der Waals surface area contributed by atoms with E-state index in [2.05, 4.69) is 5.32 Å². The molecule has 4 rings (SSSR count). The first-order chi connectivity index (χ1) is 14.0. The van der Waals surface area contributed by atoms with Crippen molar-refractivity contribution in [2.75, 3.05) is 0 Å². The maximum atomic E-state index is 12.7. The van der Waals surface area contributed by atoms with Crippen molar-refractivity contribution in [1.82, 2.24) is 10.2 Å². The molecule has 0 unspecified atom stereocenters. The first kappa shape index (κ1) is 18.6. The van der Waals surface area contributed by atoms with E-state index in [4.69, 9.17) is 21.7 Å². The predicted molar refractivity (Wildman–Crippen MR) is 112 cm³/mol. The fraction of sp³-hybridized carbons (Fsp3) is 0.0455. The fourth-order valence-corrected chi connectivity index (χ4v) is 3.24. The minimum atomic E-state index is -0.983. The maximum Gasteiger partial charge on any atom is 0.335 e. The van der Waals surface area contributed by atoms with Crippen LogP contribution in [0.3, 0.4) is 0 Å². The third-order valence-corrected chi connectivity index (χ3v) is 4.80. The van der Waals surface area contributed by atoms with Crippen LogP contribution >= 0.6 is 12.2 Å². The third kappa shape index (κ3) is 3.95. The fourth-order valence-electron chi connectivity index (χ4n) is 2.99. The van der Waals surface area contributed by atoms with E-state index in [9.17, 15) is 9.59 Å². The van der Waals surface area contributed by atoms with E-state index in [-0.39, 0.29) is 11.5 Å². The molecule has 3 aromatic rings. The zero-order valence-corrected chi connectivity index (χ0v) is 16.0. The smallest absolute Gasteiger partial charge is 0.335 e. The van der Waals surface area contributed by atoms with E-state index in [1.807, 2.05) is 30.3 Å². The lowest BCUT2D eigenvalue weighted by atomic mass is 10.1. The lowest BCUT2D eigenvalue weighted by Crippen LogP contribution is -2.29. The van der Waals surface area contributed by atoms with Crippen molar-refractivity contribution in [3.8, 4) is 11.3 Å². The number of hydrogen-bond donors (Lipinski definition) is 2. The van der Waals surface area contributed by atoms with Gasteiger partial charge in [-0.15, -0.1) is 0 Å². The highest BCUT2D eigenvalue weighted by molar-refractivity contribution is 7.80. The van der Waals surface area contributed by atoms with Gasteiger partial charge in [-0.25, -0.2) is 4.79 Å². The molecule has 1 aliphatic rings. The molecule has 1 aromatic heterocycles. The lowest BCUT2D eigenvalue weighted by Gasteiger charge is -2.13. The molecule has 0 atom stereocenters. The van der Waals surface area contributed by atoms with Crippen LogP contribution in [0.15, 0.2) is 76.8 Å². The molecule has 1 aliphatic heterocycles. The SMILES string of the molecule is O=C(O)c1ccc(-c2ccc(C=C3NC(=S)N(Cc4ccccc4)C3=O)o2)cc1. The Morgan fingerprint density at radius 3 is 2.48 bits per heavy atom. The first-order valence-corrected chi connectivity index (χ1v) is 9.24. The Morgan fingerprint density at radius 1 is 1.07 bits per heavy atom. The monoisotopic (exact) mass is 404 g/mol. The van der Waals surface area contributed by atoms with Crippen LogP contribution in [0.4, 0.5) is 0 Å². The number of nitrogens with one attached hydrogen (secondary N) is 1. The Kier molecular flexibility index (Phi) is 4.97. The molecule has 0 aliphatic carbocycles. The third-order valence-electron chi connectivity index (χ3n) is 4.48. The molecular formula is C22H16N2O4S. The molecule has 2 aromatic carbocycles. The Bertz CT molecular complexity index is 1120. The highest BCUT2D eigenvalue weighted by Crippen LogP contribution is 2.25. The summed E-state index contributed by atoms with van der Waals surface area (Å²) in [6, 6.07) is 19.5. The molecule has 0 radical (unpaired) electrons. The summed E-state index contributed by atoms with van der Waals surface area (Å²) < 4.78 is 5.79. The number of carbonyl (C=O) groups is 2. The molecular weight excluding hydrogens is 388 g/mol. The maximum absolute atomic E-state index is 12.7. The van der Waals surface area contributed by atoms with E-state index in [1.165, 1.54) is 17.0 Å². The Morgan fingerprint density at radius 2 is 1.79 bits per heavy atom. The number of rotatable bonds is 5. The zero-order chi connectivity index (χ0) is 20.4. The Balaban J connectivity index is 1.52. The second-order valence-corrected chi connectivity index (χ2v) is 6.84. The number of nitrogens with zero attached hydrogens (tertiary/aromatic N) is 1. The van der Waals surface area contributed by atoms with Crippen molar-refractivity contribution in [1.29, 1.82) is 0 Å². The van der Waals surface area contributed by atoms with E-state index >= 15 is 0 Å². The second kappa shape index (κ2) is 7.73. The van der Waals surface area contributed by atoms with Gasteiger partial charge in [0.05, 0.1) is 12.1 Å². The van der Waals surface area contributed by atoms with Crippen LogP contribution in [0.5, 0.6) is 0 Å². The van der Waals surface area contributed by atoms with Crippen LogP contribution in [-0.4, -0.2) is 27.0 Å². The summed E-state index contributed by atoms with van der Waals surface area (Å²) in [6.07, 6.45) is 1.61. The average Bonchev–Trinajstić information content (AvgIpc) is 3.29. The summed E-state index contributed by atoms with van der Waals surface area (Å²) in [5.41, 5.74) is 2.27. The molecule has 0 saturated carbocycles.